The minimum Gasteiger partial charge on any atom is -0.465 e. The molecule has 0 atom stereocenters. The molecule has 0 aliphatic heterocycles. The van der Waals surface area contributed by atoms with Gasteiger partial charge in [-0.1, -0.05) is 32.0 Å². The third-order valence-corrected chi connectivity index (χ3v) is 5.30. The first kappa shape index (κ1) is 22.2. The van der Waals surface area contributed by atoms with E-state index in [1.807, 2.05) is 13.8 Å². The van der Waals surface area contributed by atoms with Crippen LogP contribution < -0.4 is 11.2 Å². The maximum absolute atomic E-state index is 13.5. The molecule has 0 aliphatic carbocycles. The Balaban J connectivity index is 1.97. The van der Waals surface area contributed by atoms with Gasteiger partial charge in [-0.25, -0.2) is 23.5 Å². The molecule has 0 saturated carbocycles. The second-order valence-corrected chi connectivity index (χ2v) is 8.10. The smallest absolute Gasteiger partial charge is 0.338 e. The van der Waals surface area contributed by atoms with E-state index < -0.39 is 23.0 Å². The number of nitrogens with zero attached hydrogens (tertiary/aromatic N) is 4. The van der Waals surface area contributed by atoms with Gasteiger partial charge in [0.1, 0.15) is 5.82 Å². The van der Waals surface area contributed by atoms with Crippen molar-refractivity contribution < 1.29 is 13.9 Å². The van der Waals surface area contributed by atoms with Crippen LogP contribution in [0.5, 0.6) is 0 Å². The van der Waals surface area contributed by atoms with Crippen LogP contribution in [0.4, 0.5) is 4.39 Å². The summed E-state index contributed by atoms with van der Waals surface area (Å²) in [6.45, 7) is 4.18. The number of aromatic nitrogens is 4. The van der Waals surface area contributed by atoms with E-state index in [4.69, 9.17) is 4.74 Å². The summed E-state index contributed by atoms with van der Waals surface area (Å²) in [5.74, 6) is -0.898. The first-order chi connectivity index (χ1) is 15.8. The van der Waals surface area contributed by atoms with Crippen LogP contribution >= 0.6 is 0 Å². The van der Waals surface area contributed by atoms with E-state index in [0.29, 0.717) is 16.8 Å². The lowest BCUT2D eigenvalue weighted by atomic mass is 10.1. The van der Waals surface area contributed by atoms with Crippen molar-refractivity contribution in [3.63, 3.8) is 0 Å². The molecule has 0 unspecified atom stereocenters. The van der Waals surface area contributed by atoms with E-state index >= 15 is 0 Å². The lowest BCUT2D eigenvalue weighted by Gasteiger charge is -2.14. The summed E-state index contributed by atoms with van der Waals surface area (Å²) in [7, 11) is 1.30. The van der Waals surface area contributed by atoms with Crippen molar-refractivity contribution in [3.8, 4) is 5.69 Å². The van der Waals surface area contributed by atoms with Crippen LogP contribution in [0.15, 0.2) is 64.4 Å². The van der Waals surface area contributed by atoms with Crippen LogP contribution in [0, 0.1) is 11.7 Å². The molecule has 0 N–H and O–H groups in total. The van der Waals surface area contributed by atoms with Crippen molar-refractivity contribution in [2.24, 2.45) is 5.92 Å². The van der Waals surface area contributed by atoms with Crippen molar-refractivity contribution in [1.29, 1.82) is 0 Å². The zero-order valence-electron chi connectivity index (χ0n) is 18.5. The van der Waals surface area contributed by atoms with Crippen molar-refractivity contribution in [3.05, 3.63) is 92.6 Å². The number of fused-ring (bicyclic) bond motifs is 1. The Hall–Kier alpha value is -4.01. The van der Waals surface area contributed by atoms with Crippen LogP contribution in [-0.2, 0) is 17.8 Å². The standard InChI is InChI=1S/C24H23FN4O4/c1-15(2)12-28-22(30)20-21(29(24(28)32)18-10-8-17(25)9-11-18)26-14-27(20)13-16-6-4-5-7-19(16)23(31)33-3/h4-11,14-15H,12-13H2,1-3H3. The number of hydrogen-bond acceptors (Lipinski definition) is 5. The zero-order valence-corrected chi connectivity index (χ0v) is 18.5. The van der Waals surface area contributed by atoms with Gasteiger partial charge in [0.05, 0.1) is 31.2 Å². The molecule has 170 valence electrons. The summed E-state index contributed by atoms with van der Waals surface area (Å²) in [5.41, 5.74) is 0.743. The molecule has 2 heterocycles. The number of carbonyl (C=O) groups is 1. The Bertz CT molecular complexity index is 1450. The van der Waals surface area contributed by atoms with Crippen LogP contribution in [0.3, 0.4) is 0 Å². The first-order valence-corrected chi connectivity index (χ1v) is 10.4. The number of halogens is 1. The Morgan fingerprint density at radius 2 is 1.79 bits per heavy atom. The Labute approximate surface area is 188 Å². The second-order valence-electron chi connectivity index (χ2n) is 8.10. The Kier molecular flexibility index (Phi) is 5.95. The van der Waals surface area contributed by atoms with Crippen molar-refractivity contribution in [2.45, 2.75) is 26.9 Å². The molecule has 2 aromatic heterocycles. The fourth-order valence-corrected chi connectivity index (χ4v) is 3.80. The van der Waals surface area contributed by atoms with Gasteiger partial charge in [0.25, 0.3) is 5.56 Å². The maximum Gasteiger partial charge on any atom is 0.338 e. The van der Waals surface area contributed by atoms with E-state index in [0.717, 1.165) is 0 Å². The van der Waals surface area contributed by atoms with Crippen molar-refractivity contribution in [1.82, 2.24) is 18.7 Å². The molecule has 0 amide bonds. The van der Waals surface area contributed by atoms with Crippen LogP contribution in [0.1, 0.15) is 29.8 Å². The molecule has 2 aromatic carbocycles. The molecule has 0 bridgehead atoms. The molecule has 0 aliphatic rings. The molecule has 0 saturated heterocycles. The average molecular weight is 450 g/mol. The number of benzene rings is 2. The first-order valence-electron chi connectivity index (χ1n) is 10.4. The number of imidazole rings is 1. The third kappa shape index (κ3) is 4.09. The highest BCUT2D eigenvalue weighted by Crippen LogP contribution is 2.17. The molecule has 0 radical (unpaired) electrons. The number of esters is 1. The molecule has 8 nitrogen and oxygen atoms in total. The number of rotatable bonds is 6. The van der Waals surface area contributed by atoms with E-state index in [2.05, 4.69) is 4.98 Å². The fraction of sp³-hybridized carbons (Fsp3) is 0.250. The van der Waals surface area contributed by atoms with E-state index in [1.54, 1.807) is 28.8 Å². The molecule has 33 heavy (non-hydrogen) atoms. The summed E-state index contributed by atoms with van der Waals surface area (Å²) >= 11 is 0. The van der Waals surface area contributed by atoms with Crippen LogP contribution in [-0.4, -0.2) is 31.8 Å². The summed E-state index contributed by atoms with van der Waals surface area (Å²) in [6.07, 6.45) is 1.46. The quantitative estimate of drug-likeness (QED) is 0.422. The predicted octanol–water partition coefficient (Wildman–Crippen LogP) is 2.98. The number of carbonyl (C=O) groups excluding carboxylic acids is 1. The number of methoxy groups -OCH3 is 1. The predicted molar refractivity (Wildman–Crippen MR) is 121 cm³/mol. The van der Waals surface area contributed by atoms with Gasteiger partial charge >= 0.3 is 11.7 Å². The largest absolute Gasteiger partial charge is 0.465 e. The van der Waals surface area contributed by atoms with Crippen molar-refractivity contribution in [2.75, 3.05) is 7.11 Å². The Morgan fingerprint density at radius 1 is 1.09 bits per heavy atom. The van der Waals surface area contributed by atoms with Crippen molar-refractivity contribution >= 4 is 17.1 Å². The lowest BCUT2D eigenvalue weighted by molar-refractivity contribution is 0.0599. The van der Waals surface area contributed by atoms with E-state index in [9.17, 15) is 18.8 Å². The van der Waals surface area contributed by atoms with Gasteiger partial charge in [0.15, 0.2) is 11.2 Å². The summed E-state index contributed by atoms with van der Waals surface area (Å²) in [6, 6.07) is 12.3. The zero-order chi connectivity index (χ0) is 23.7. The van der Waals surface area contributed by atoms with Gasteiger partial charge in [0, 0.05) is 6.54 Å². The Morgan fingerprint density at radius 3 is 2.45 bits per heavy atom. The third-order valence-electron chi connectivity index (χ3n) is 5.30. The molecule has 0 spiro atoms. The second kappa shape index (κ2) is 8.85. The maximum atomic E-state index is 13.5. The molecular weight excluding hydrogens is 427 g/mol. The number of hydrogen-bond donors (Lipinski definition) is 0. The molecular formula is C24H23FN4O4. The SMILES string of the molecule is COC(=O)c1ccccc1Cn1cnc2c1c(=O)n(CC(C)C)c(=O)n2-c1ccc(F)cc1. The summed E-state index contributed by atoms with van der Waals surface area (Å²) in [4.78, 5) is 43.2. The van der Waals surface area contributed by atoms with Gasteiger partial charge < -0.3 is 9.30 Å². The fourth-order valence-electron chi connectivity index (χ4n) is 3.80. The summed E-state index contributed by atoms with van der Waals surface area (Å²) < 4.78 is 22.5. The molecule has 4 rings (SSSR count). The molecule has 4 aromatic rings. The minimum absolute atomic E-state index is 0.0333. The van der Waals surface area contributed by atoms with Crippen LogP contribution in [0.25, 0.3) is 16.9 Å². The highest BCUT2D eigenvalue weighted by Gasteiger charge is 2.21. The number of ether oxygens (including phenoxy) is 1. The van der Waals surface area contributed by atoms with Gasteiger partial charge in [-0.3, -0.25) is 9.36 Å². The monoisotopic (exact) mass is 450 g/mol. The van der Waals surface area contributed by atoms with Gasteiger partial charge in [0.2, 0.25) is 0 Å². The van der Waals surface area contributed by atoms with E-state index in [-0.39, 0.29) is 30.2 Å². The molecule has 0 fully saturated rings. The van der Waals surface area contributed by atoms with E-state index in [1.165, 1.54) is 46.8 Å². The van der Waals surface area contributed by atoms with Gasteiger partial charge in [-0.05, 0) is 41.8 Å². The summed E-state index contributed by atoms with van der Waals surface area (Å²) in [5, 5.41) is 0. The highest BCUT2D eigenvalue weighted by molar-refractivity contribution is 5.91. The minimum atomic E-state index is -0.548. The van der Waals surface area contributed by atoms with Gasteiger partial charge in [-0.2, -0.15) is 0 Å². The average Bonchev–Trinajstić information content (AvgIpc) is 3.21. The van der Waals surface area contributed by atoms with Gasteiger partial charge in [-0.15, -0.1) is 0 Å². The molecule has 9 heteroatoms. The van der Waals surface area contributed by atoms with Crippen LogP contribution in [0.2, 0.25) is 0 Å². The normalized spacial score (nSPS) is 11.3. The topological polar surface area (TPSA) is 88.1 Å². The lowest BCUT2D eigenvalue weighted by Crippen LogP contribution is -2.41. The highest BCUT2D eigenvalue weighted by atomic mass is 19.1.